The zero-order valence-corrected chi connectivity index (χ0v) is 11.7. The molecule has 0 unspecified atom stereocenters. The predicted molar refractivity (Wildman–Crippen MR) is 80.0 cm³/mol. The number of aliphatic hydroxyl groups excluding tert-OH is 2. The minimum absolute atomic E-state index is 0.0852. The maximum atomic E-state index is 8.89. The summed E-state index contributed by atoms with van der Waals surface area (Å²) in [5.41, 5.74) is 2.29. The topological polar surface area (TPSA) is 46.7 Å². The van der Waals surface area contributed by atoms with E-state index in [1.54, 1.807) is 0 Å². The van der Waals surface area contributed by atoms with Crippen LogP contribution >= 0.6 is 0 Å². The smallest absolute Gasteiger partial charge is 0.165 e. The molecule has 0 saturated carbocycles. The van der Waals surface area contributed by atoms with Crippen molar-refractivity contribution in [2.24, 2.45) is 0 Å². The maximum Gasteiger partial charge on any atom is 0.165 e. The Balaban J connectivity index is 2.66. The lowest BCUT2D eigenvalue weighted by Gasteiger charge is -2.11. The van der Waals surface area contributed by atoms with Gasteiger partial charge in [0.1, 0.15) is 13.2 Å². The van der Waals surface area contributed by atoms with Crippen LogP contribution in [0, 0.1) is 0 Å². The molecule has 0 saturated heterocycles. The van der Waals surface area contributed by atoms with E-state index in [-0.39, 0.29) is 13.2 Å². The standard InChI is InChI=1S/C15H23N2O2/c1-16(2)15-7-5-14(6-8-15)4-3-9-17(10-12-18)11-13-19/h3-9,18-19H,10-13H2,1-2H3/q+1. The first-order valence-corrected chi connectivity index (χ1v) is 6.42. The van der Waals surface area contributed by atoms with Crippen LogP contribution in [0.2, 0.25) is 0 Å². The summed E-state index contributed by atoms with van der Waals surface area (Å²) in [6.45, 7) is 1.23. The van der Waals surface area contributed by atoms with Crippen molar-refractivity contribution in [2.45, 2.75) is 0 Å². The Labute approximate surface area is 114 Å². The van der Waals surface area contributed by atoms with Gasteiger partial charge in [0.2, 0.25) is 0 Å². The molecule has 0 aliphatic heterocycles. The Morgan fingerprint density at radius 2 is 1.63 bits per heavy atom. The molecule has 4 nitrogen and oxygen atoms in total. The van der Waals surface area contributed by atoms with Crippen LogP contribution in [0.3, 0.4) is 0 Å². The molecule has 0 amide bonds. The molecule has 1 aromatic carbocycles. The second kappa shape index (κ2) is 8.45. The summed E-state index contributed by atoms with van der Waals surface area (Å²) in [5, 5.41) is 17.8. The molecule has 1 aromatic rings. The first-order chi connectivity index (χ1) is 9.17. The largest absolute Gasteiger partial charge is 0.390 e. The molecule has 0 heterocycles. The first-order valence-electron chi connectivity index (χ1n) is 6.42. The summed E-state index contributed by atoms with van der Waals surface area (Å²) in [5.74, 6) is 0. The first kappa shape index (κ1) is 15.4. The molecule has 1 rings (SSSR count). The quantitative estimate of drug-likeness (QED) is 0.566. The van der Waals surface area contributed by atoms with Gasteiger partial charge >= 0.3 is 0 Å². The molecule has 0 aliphatic carbocycles. The number of allylic oxidation sites excluding steroid dienone is 1. The van der Waals surface area contributed by atoms with Crippen molar-refractivity contribution in [2.75, 3.05) is 45.3 Å². The maximum absolute atomic E-state index is 8.89. The normalized spacial score (nSPS) is 10.7. The van der Waals surface area contributed by atoms with Crippen LogP contribution in [0.1, 0.15) is 5.56 Å². The summed E-state index contributed by atoms with van der Waals surface area (Å²) in [6, 6.07) is 8.25. The summed E-state index contributed by atoms with van der Waals surface area (Å²) in [7, 11) is 4.03. The second-order valence-electron chi connectivity index (χ2n) is 4.48. The monoisotopic (exact) mass is 263 g/mol. The molecule has 104 valence electrons. The molecule has 19 heavy (non-hydrogen) atoms. The van der Waals surface area contributed by atoms with Crippen LogP contribution in [-0.4, -0.2) is 61.4 Å². The van der Waals surface area contributed by atoms with Crippen molar-refractivity contribution in [3.63, 3.8) is 0 Å². The van der Waals surface area contributed by atoms with Gasteiger partial charge in [-0.1, -0.05) is 12.1 Å². The number of anilines is 1. The SMILES string of the molecule is CN(C)c1ccc(C=CC=[N+](CCO)CCO)cc1. The molecular formula is C15H23N2O2+. The van der Waals surface area contributed by atoms with Crippen LogP contribution in [-0.2, 0) is 0 Å². The lowest BCUT2D eigenvalue weighted by atomic mass is 10.2. The van der Waals surface area contributed by atoms with Gasteiger partial charge in [0.25, 0.3) is 0 Å². The third-order valence-corrected chi connectivity index (χ3v) is 2.77. The van der Waals surface area contributed by atoms with Gasteiger partial charge in [-0.15, -0.1) is 0 Å². The summed E-state index contributed by atoms with van der Waals surface area (Å²) < 4.78 is 1.88. The minimum Gasteiger partial charge on any atom is -0.390 e. The van der Waals surface area contributed by atoms with E-state index in [0.29, 0.717) is 13.1 Å². The Kier molecular flexibility index (Phi) is 6.85. The predicted octanol–water partition coefficient (Wildman–Crippen LogP) is 0.834. The molecule has 0 aromatic heterocycles. The molecule has 0 atom stereocenters. The average molecular weight is 263 g/mol. The molecule has 0 aliphatic rings. The van der Waals surface area contributed by atoms with Crippen LogP contribution in [0.5, 0.6) is 0 Å². The van der Waals surface area contributed by atoms with Gasteiger partial charge < -0.3 is 15.1 Å². The van der Waals surface area contributed by atoms with Gasteiger partial charge in [0.05, 0.1) is 0 Å². The highest BCUT2D eigenvalue weighted by atomic mass is 16.3. The van der Waals surface area contributed by atoms with E-state index in [1.165, 1.54) is 5.69 Å². The minimum atomic E-state index is 0.0852. The molecule has 0 spiro atoms. The van der Waals surface area contributed by atoms with Crippen molar-refractivity contribution in [1.82, 2.24) is 0 Å². The second-order valence-corrected chi connectivity index (χ2v) is 4.48. The fraction of sp³-hybridized carbons (Fsp3) is 0.400. The van der Waals surface area contributed by atoms with E-state index < -0.39 is 0 Å². The van der Waals surface area contributed by atoms with E-state index in [9.17, 15) is 0 Å². The third-order valence-electron chi connectivity index (χ3n) is 2.77. The van der Waals surface area contributed by atoms with Gasteiger partial charge in [-0.25, -0.2) is 4.58 Å². The van der Waals surface area contributed by atoms with Gasteiger partial charge in [0.15, 0.2) is 19.3 Å². The summed E-state index contributed by atoms with van der Waals surface area (Å²) >= 11 is 0. The summed E-state index contributed by atoms with van der Waals surface area (Å²) in [6.07, 6.45) is 5.81. The van der Waals surface area contributed by atoms with Crippen molar-refractivity contribution in [3.05, 3.63) is 35.9 Å². The highest BCUT2D eigenvalue weighted by molar-refractivity contribution is 5.75. The van der Waals surface area contributed by atoms with Gasteiger partial charge in [0, 0.05) is 25.9 Å². The van der Waals surface area contributed by atoms with Gasteiger partial charge in [-0.2, -0.15) is 0 Å². The Morgan fingerprint density at radius 1 is 1.05 bits per heavy atom. The zero-order valence-electron chi connectivity index (χ0n) is 11.7. The van der Waals surface area contributed by atoms with Crippen LogP contribution in [0.15, 0.2) is 30.3 Å². The fourth-order valence-corrected chi connectivity index (χ4v) is 1.68. The van der Waals surface area contributed by atoms with E-state index in [1.807, 2.05) is 37.0 Å². The van der Waals surface area contributed by atoms with E-state index in [0.717, 1.165) is 5.56 Å². The van der Waals surface area contributed by atoms with Gasteiger partial charge in [-0.3, -0.25) is 0 Å². The molecule has 4 heteroatoms. The fourth-order valence-electron chi connectivity index (χ4n) is 1.68. The Morgan fingerprint density at radius 3 is 2.11 bits per heavy atom. The summed E-state index contributed by atoms with van der Waals surface area (Å²) in [4.78, 5) is 2.06. The Bertz CT molecular complexity index is 414. The third kappa shape index (κ3) is 5.68. The highest BCUT2D eigenvalue weighted by Crippen LogP contribution is 2.12. The number of rotatable bonds is 7. The molecule has 0 fully saturated rings. The molecule has 0 radical (unpaired) electrons. The van der Waals surface area contributed by atoms with Crippen molar-refractivity contribution < 1.29 is 14.8 Å². The average Bonchev–Trinajstić information content (AvgIpc) is 2.40. The number of hydrogen-bond acceptors (Lipinski definition) is 3. The number of hydrogen-bond donors (Lipinski definition) is 2. The van der Waals surface area contributed by atoms with Crippen molar-refractivity contribution in [1.29, 1.82) is 0 Å². The van der Waals surface area contributed by atoms with E-state index in [4.69, 9.17) is 10.2 Å². The molecule has 2 N–H and O–H groups in total. The Hall–Kier alpha value is -1.65. The van der Waals surface area contributed by atoms with Crippen LogP contribution in [0.4, 0.5) is 5.69 Å². The van der Waals surface area contributed by atoms with Crippen LogP contribution < -0.4 is 4.90 Å². The highest BCUT2D eigenvalue weighted by Gasteiger charge is 1.99. The van der Waals surface area contributed by atoms with Gasteiger partial charge in [-0.05, 0) is 23.8 Å². The molecule has 0 bridgehead atoms. The lowest BCUT2D eigenvalue weighted by Crippen LogP contribution is -2.20. The lowest BCUT2D eigenvalue weighted by molar-refractivity contribution is -0.527. The van der Waals surface area contributed by atoms with Crippen LogP contribution in [0.25, 0.3) is 6.08 Å². The number of benzene rings is 1. The van der Waals surface area contributed by atoms with E-state index >= 15 is 0 Å². The van der Waals surface area contributed by atoms with Crippen molar-refractivity contribution in [3.8, 4) is 0 Å². The number of aliphatic hydroxyl groups is 2. The zero-order chi connectivity index (χ0) is 14.1. The molecular weight excluding hydrogens is 240 g/mol. The van der Waals surface area contributed by atoms with Crippen molar-refractivity contribution >= 4 is 18.0 Å². The van der Waals surface area contributed by atoms with E-state index in [2.05, 4.69) is 29.2 Å². The number of nitrogens with zero attached hydrogens (tertiary/aromatic N) is 2.